The van der Waals surface area contributed by atoms with Gasteiger partial charge in [-0.25, -0.2) is 0 Å². The standard InChI is InChI=1S/C27H46/c1-8-12-21(5)14-15-22(6)25(10-3)20-23(7)27(11-4)26-18-16-24(13-9-2)17-19-26/h8-9,12-13,16,18,21-22,24-27H,7,10-11,14-15,17,19-20H2,1-6H3. The Kier molecular flexibility index (Phi) is 11.7. The number of hydrogen-bond acceptors (Lipinski definition) is 0. The van der Waals surface area contributed by atoms with Gasteiger partial charge in [0.1, 0.15) is 0 Å². The van der Waals surface area contributed by atoms with E-state index in [0.717, 1.165) is 11.8 Å². The van der Waals surface area contributed by atoms with Crippen molar-refractivity contribution in [2.24, 2.45) is 35.5 Å². The SMILES string of the molecule is C=C(CC(CC)C(C)CCC(C)C=CC)C(CC)C1C=CC(C=CC)CC1. The molecule has 1 rings (SSSR count). The largest absolute Gasteiger partial charge is 0.0995 e. The Bertz CT molecular complexity index is 492. The fourth-order valence-corrected chi connectivity index (χ4v) is 4.92. The van der Waals surface area contributed by atoms with Crippen LogP contribution < -0.4 is 0 Å². The van der Waals surface area contributed by atoms with Crippen LogP contribution in [0.25, 0.3) is 0 Å². The van der Waals surface area contributed by atoms with Gasteiger partial charge in [-0.2, -0.15) is 0 Å². The van der Waals surface area contributed by atoms with E-state index in [0.29, 0.717) is 23.7 Å². The minimum Gasteiger partial charge on any atom is -0.0995 e. The second-order valence-electron chi connectivity index (χ2n) is 8.92. The lowest BCUT2D eigenvalue weighted by molar-refractivity contribution is 0.289. The average molecular weight is 371 g/mol. The van der Waals surface area contributed by atoms with E-state index in [2.05, 4.69) is 84.6 Å². The van der Waals surface area contributed by atoms with Crippen LogP contribution in [0.1, 0.15) is 86.5 Å². The van der Waals surface area contributed by atoms with Gasteiger partial charge in [-0.3, -0.25) is 0 Å². The summed E-state index contributed by atoms with van der Waals surface area (Å²) in [6.45, 7) is 18.4. The molecule has 0 aliphatic heterocycles. The molecule has 0 heterocycles. The third kappa shape index (κ3) is 8.24. The Balaban J connectivity index is 2.62. The lowest BCUT2D eigenvalue weighted by Gasteiger charge is -2.32. The first-order valence-corrected chi connectivity index (χ1v) is 11.6. The van der Waals surface area contributed by atoms with E-state index >= 15 is 0 Å². The fourth-order valence-electron chi connectivity index (χ4n) is 4.92. The predicted octanol–water partition coefficient (Wildman–Crippen LogP) is 8.77. The molecule has 0 fully saturated rings. The third-order valence-electron chi connectivity index (χ3n) is 6.81. The highest BCUT2D eigenvalue weighted by molar-refractivity contribution is 5.13. The molecule has 0 N–H and O–H groups in total. The first kappa shape index (κ1) is 24.0. The van der Waals surface area contributed by atoms with Gasteiger partial charge >= 0.3 is 0 Å². The third-order valence-corrected chi connectivity index (χ3v) is 6.81. The topological polar surface area (TPSA) is 0 Å². The zero-order valence-corrected chi connectivity index (χ0v) is 19.1. The molecule has 0 saturated heterocycles. The summed E-state index contributed by atoms with van der Waals surface area (Å²) < 4.78 is 0. The Hall–Kier alpha value is -1.04. The van der Waals surface area contributed by atoms with Gasteiger partial charge in [-0.15, -0.1) is 0 Å². The summed E-state index contributed by atoms with van der Waals surface area (Å²) in [7, 11) is 0. The summed E-state index contributed by atoms with van der Waals surface area (Å²) in [6, 6.07) is 0. The van der Waals surface area contributed by atoms with Crippen molar-refractivity contribution in [3.63, 3.8) is 0 Å². The van der Waals surface area contributed by atoms with Gasteiger partial charge in [0.25, 0.3) is 0 Å². The highest BCUT2D eigenvalue weighted by atomic mass is 14.3. The monoisotopic (exact) mass is 370 g/mol. The Morgan fingerprint density at radius 2 is 1.78 bits per heavy atom. The summed E-state index contributed by atoms with van der Waals surface area (Å²) in [6.07, 6.45) is 23.0. The van der Waals surface area contributed by atoms with Crippen LogP contribution in [0.2, 0.25) is 0 Å². The van der Waals surface area contributed by atoms with Crippen LogP contribution in [-0.2, 0) is 0 Å². The van der Waals surface area contributed by atoms with Crippen molar-refractivity contribution in [2.75, 3.05) is 0 Å². The molecule has 0 heteroatoms. The Morgan fingerprint density at radius 1 is 1.04 bits per heavy atom. The van der Waals surface area contributed by atoms with Crippen molar-refractivity contribution in [1.82, 2.24) is 0 Å². The molecule has 0 amide bonds. The van der Waals surface area contributed by atoms with Crippen molar-refractivity contribution in [3.05, 3.63) is 48.6 Å². The highest BCUT2D eigenvalue weighted by Gasteiger charge is 2.26. The average Bonchev–Trinajstić information content (AvgIpc) is 2.66. The second kappa shape index (κ2) is 13.2. The fraction of sp³-hybridized carbons (Fsp3) is 0.704. The van der Waals surface area contributed by atoms with Crippen LogP contribution >= 0.6 is 0 Å². The molecule has 0 bridgehead atoms. The molecule has 0 spiro atoms. The molecule has 0 aromatic rings. The maximum atomic E-state index is 4.59. The first-order chi connectivity index (χ1) is 13.0. The summed E-state index contributed by atoms with van der Waals surface area (Å²) in [5.41, 5.74) is 1.51. The molecule has 0 aromatic heterocycles. The molecule has 0 saturated carbocycles. The molecule has 27 heavy (non-hydrogen) atoms. The summed E-state index contributed by atoms with van der Waals surface area (Å²) >= 11 is 0. The minimum absolute atomic E-state index is 0.652. The van der Waals surface area contributed by atoms with Crippen LogP contribution in [0.5, 0.6) is 0 Å². The number of hydrogen-bond donors (Lipinski definition) is 0. The van der Waals surface area contributed by atoms with Crippen LogP contribution in [0.4, 0.5) is 0 Å². The van der Waals surface area contributed by atoms with E-state index in [9.17, 15) is 0 Å². The van der Waals surface area contributed by atoms with E-state index in [1.807, 2.05) is 0 Å². The smallest absolute Gasteiger partial charge is 0.00533 e. The van der Waals surface area contributed by atoms with Crippen molar-refractivity contribution < 1.29 is 0 Å². The maximum absolute atomic E-state index is 4.59. The van der Waals surface area contributed by atoms with Gasteiger partial charge in [-0.1, -0.05) is 82.7 Å². The zero-order valence-electron chi connectivity index (χ0n) is 19.1. The van der Waals surface area contributed by atoms with Gasteiger partial charge in [0, 0.05) is 0 Å². The molecular weight excluding hydrogens is 324 g/mol. The van der Waals surface area contributed by atoms with E-state index < -0.39 is 0 Å². The van der Waals surface area contributed by atoms with E-state index in [1.54, 1.807) is 0 Å². The maximum Gasteiger partial charge on any atom is -0.00533 e. The van der Waals surface area contributed by atoms with E-state index in [4.69, 9.17) is 0 Å². The minimum atomic E-state index is 0.652. The van der Waals surface area contributed by atoms with Crippen LogP contribution in [0, 0.1) is 35.5 Å². The Morgan fingerprint density at radius 3 is 2.30 bits per heavy atom. The van der Waals surface area contributed by atoms with Gasteiger partial charge in [0.05, 0.1) is 0 Å². The molecule has 1 aliphatic carbocycles. The lowest BCUT2D eigenvalue weighted by Crippen LogP contribution is -2.21. The van der Waals surface area contributed by atoms with E-state index in [1.165, 1.54) is 50.5 Å². The molecule has 0 aromatic carbocycles. The van der Waals surface area contributed by atoms with Crippen molar-refractivity contribution in [3.8, 4) is 0 Å². The van der Waals surface area contributed by atoms with Crippen LogP contribution in [0.3, 0.4) is 0 Å². The number of allylic oxidation sites excluding steroid dienone is 7. The first-order valence-electron chi connectivity index (χ1n) is 11.6. The molecule has 6 atom stereocenters. The lowest BCUT2D eigenvalue weighted by atomic mass is 9.73. The van der Waals surface area contributed by atoms with Crippen LogP contribution in [0.15, 0.2) is 48.6 Å². The van der Waals surface area contributed by atoms with Gasteiger partial charge in [0.2, 0.25) is 0 Å². The molecule has 0 radical (unpaired) electrons. The quantitative estimate of drug-likeness (QED) is 0.301. The highest BCUT2D eigenvalue weighted by Crippen LogP contribution is 2.38. The molecule has 1 aliphatic rings. The molecule has 0 nitrogen and oxygen atoms in total. The van der Waals surface area contributed by atoms with Gasteiger partial charge in [0.15, 0.2) is 0 Å². The second-order valence-corrected chi connectivity index (χ2v) is 8.92. The van der Waals surface area contributed by atoms with Crippen molar-refractivity contribution >= 4 is 0 Å². The van der Waals surface area contributed by atoms with E-state index in [-0.39, 0.29) is 0 Å². The van der Waals surface area contributed by atoms with Gasteiger partial charge < -0.3 is 0 Å². The van der Waals surface area contributed by atoms with Crippen molar-refractivity contribution in [1.29, 1.82) is 0 Å². The van der Waals surface area contributed by atoms with Crippen molar-refractivity contribution in [2.45, 2.75) is 86.5 Å². The summed E-state index contributed by atoms with van der Waals surface area (Å²) in [4.78, 5) is 0. The Labute approximate surface area is 170 Å². The van der Waals surface area contributed by atoms with Gasteiger partial charge in [-0.05, 0) is 87.9 Å². The normalized spacial score (nSPS) is 25.0. The summed E-state index contributed by atoms with van der Waals surface area (Å²) in [5.74, 6) is 4.30. The molecule has 6 unspecified atom stereocenters. The number of rotatable bonds is 12. The molecule has 154 valence electrons. The van der Waals surface area contributed by atoms with Crippen LogP contribution in [-0.4, -0.2) is 0 Å². The summed E-state index contributed by atoms with van der Waals surface area (Å²) in [5, 5.41) is 0. The predicted molar refractivity (Wildman–Crippen MR) is 124 cm³/mol. The zero-order chi connectivity index (χ0) is 20.2. The molecular formula is C27H46.